The van der Waals surface area contributed by atoms with Crippen molar-refractivity contribution in [3.63, 3.8) is 0 Å². The number of aliphatic hydroxyl groups is 1. The third-order valence-electron chi connectivity index (χ3n) is 6.03. The standard InChI is InChI=1S/C23H28N2O3/c26-22(21-17-24-13-16-28-21)25-14-11-20(12-15-25)23(27,18-7-3-1-4-8-18)19-9-5-2-6-10-19/h1-10,20-21,24,27H,11-17H2. The number of nitrogens with one attached hydrogen (secondary N) is 1. The van der Waals surface area contributed by atoms with E-state index >= 15 is 0 Å². The molecular formula is C23H28N2O3. The number of hydrogen-bond donors (Lipinski definition) is 2. The summed E-state index contributed by atoms with van der Waals surface area (Å²) in [4.78, 5) is 14.6. The van der Waals surface area contributed by atoms with Crippen LogP contribution in [0.2, 0.25) is 0 Å². The number of hydrogen-bond acceptors (Lipinski definition) is 4. The van der Waals surface area contributed by atoms with E-state index in [1.54, 1.807) is 0 Å². The first-order valence-electron chi connectivity index (χ1n) is 10.1. The largest absolute Gasteiger partial charge is 0.380 e. The predicted molar refractivity (Wildman–Crippen MR) is 108 cm³/mol. The van der Waals surface area contributed by atoms with Crippen molar-refractivity contribution >= 4 is 5.91 Å². The molecule has 0 aromatic heterocycles. The van der Waals surface area contributed by atoms with Crippen molar-refractivity contribution in [3.8, 4) is 0 Å². The Kier molecular flexibility index (Phi) is 5.76. The number of benzene rings is 2. The molecule has 5 heteroatoms. The molecule has 148 valence electrons. The Morgan fingerprint density at radius 1 is 1.00 bits per heavy atom. The van der Waals surface area contributed by atoms with Gasteiger partial charge in [0.25, 0.3) is 5.91 Å². The van der Waals surface area contributed by atoms with Gasteiger partial charge in [-0.2, -0.15) is 0 Å². The molecule has 0 saturated carbocycles. The third kappa shape index (κ3) is 3.70. The highest BCUT2D eigenvalue weighted by Crippen LogP contribution is 2.41. The minimum absolute atomic E-state index is 0.0479. The van der Waals surface area contributed by atoms with Crippen molar-refractivity contribution in [2.75, 3.05) is 32.8 Å². The number of rotatable bonds is 4. The number of amides is 1. The molecule has 4 rings (SSSR count). The number of morpholine rings is 1. The molecule has 1 amide bonds. The van der Waals surface area contributed by atoms with Crippen LogP contribution in [0.15, 0.2) is 60.7 Å². The zero-order valence-electron chi connectivity index (χ0n) is 16.1. The van der Waals surface area contributed by atoms with Gasteiger partial charge in [-0.3, -0.25) is 4.79 Å². The average molecular weight is 380 g/mol. The zero-order chi connectivity index (χ0) is 19.4. The van der Waals surface area contributed by atoms with Crippen LogP contribution in [0.1, 0.15) is 24.0 Å². The van der Waals surface area contributed by atoms with E-state index < -0.39 is 5.60 Å². The van der Waals surface area contributed by atoms with Gasteiger partial charge in [-0.25, -0.2) is 0 Å². The monoisotopic (exact) mass is 380 g/mol. The Morgan fingerprint density at radius 3 is 2.07 bits per heavy atom. The molecule has 1 atom stereocenters. The number of carbonyl (C=O) groups is 1. The fourth-order valence-electron chi connectivity index (χ4n) is 4.47. The fourth-order valence-corrected chi connectivity index (χ4v) is 4.47. The molecule has 2 aromatic carbocycles. The summed E-state index contributed by atoms with van der Waals surface area (Å²) in [7, 11) is 0. The molecule has 0 aliphatic carbocycles. The summed E-state index contributed by atoms with van der Waals surface area (Å²) in [6, 6.07) is 19.8. The Morgan fingerprint density at radius 2 is 1.57 bits per heavy atom. The van der Waals surface area contributed by atoms with E-state index in [9.17, 15) is 9.90 Å². The summed E-state index contributed by atoms with van der Waals surface area (Å²) in [6.07, 6.45) is 1.13. The van der Waals surface area contributed by atoms with Crippen LogP contribution in [0.5, 0.6) is 0 Å². The topological polar surface area (TPSA) is 61.8 Å². The molecule has 2 N–H and O–H groups in total. The van der Waals surface area contributed by atoms with Crippen LogP contribution in [0.4, 0.5) is 0 Å². The Labute approximate surface area is 166 Å². The minimum Gasteiger partial charge on any atom is -0.380 e. The van der Waals surface area contributed by atoms with Crippen molar-refractivity contribution in [1.29, 1.82) is 0 Å². The maximum absolute atomic E-state index is 12.7. The smallest absolute Gasteiger partial charge is 0.253 e. The highest BCUT2D eigenvalue weighted by Gasteiger charge is 2.42. The van der Waals surface area contributed by atoms with E-state index in [4.69, 9.17) is 4.74 Å². The molecule has 28 heavy (non-hydrogen) atoms. The fraction of sp³-hybridized carbons (Fsp3) is 0.435. The van der Waals surface area contributed by atoms with E-state index in [-0.39, 0.29) is 17.9 Å². The van der Waals surface area contributed by atoms with Gasteiger partial charge >= 0.3 is 0 Å². The average Bonchev–Trinajstić information content (AvgIpc) is 2.80. The zero-order valence-corrected chi connectivity index (χ0v) is 16.1. The predicted octanol–water partition coefficient (Wildman–Crippen LogP) is 2.15. The van der Waals surface area contributed by atoms with Gasteiger partial charge in [-0.1, -0.05) is 60.7 Å². The summed E-state index contributed by atoms with van der Waals surface area (Å²) in [5.74, 6) is 0.111. The first-order chi connectivity index (χ1) is 13.7. The van der Waals surface area contributed by atoms with Crippen molar-refractivity contribution in [1.82, 2.24) is 10.2 Å². The van der Waals surface area contributed by atoms with Gasteiger partial charge in [-0.15, -0.1) is 0 Å². The van der Waals surface area contributed by atoms with Gasteiger partial charge in [0, 0.05) is 26.2 Å². The SMILES string of the molecule is O=C(C1CNCCO1)N1CCC(C(O)(c2ccccc2)c2ccccc2)CC1. The van der Waals surface area contributed by atoms with Gasteiger partial charge in [0.15, 0.2) is 0 Å². The van der Waals surface area contributed by atoms with E-state index in [0.29, 0.717) is 26.2 Å². The van der Waals surface area contributed by atoms with Gasteiger partial charge in [0.05, 0.1) is 6.61 Å². The summed E-state index contributed by atoms with van der Waals surface area (Å²) in [5.41, 5.74) is 0.761. The molecule has 5 nitrogen and oxygen atoms in total. The summed E-state index contributed by atoms with van der Waals surface area (Å²) < 4.78 is 5.62. The van der Waals surface area contributed by atoms with E-state index in [1.165, 1.54) is 0 Å². The molecule has 2 fully saturated rings. The molecule has 0 spiro atoms. The molecule has 1 unspecified atom stereocenters. The molecule has 0 radical (unpaired) electrons. The van der Waals surface area contributed by atoms with Crippen molar-refractivity contribution in [2.45, 2.75) is 24.5 Å². The van der Waals surface area contributed by atoms with E-state index in [0.717, 1.165) is 30.5 Å². The molecule has 2 heterocycles. The quantitative estimate of drug-likeness (QED) is 0.853. The van der Waals surface area contributed by atoms with E-state index in [2.05, 4.69) is 5.32 Å². The first kappa shape index (κ1) is 19.1. The molecule has 2 saturated heterocycles. The second-order valence-corrected chi connectivity index (χ2v) is 7.66. The van der Waals surface area contributed by atoms with Crippen molar-refractivity contribution < 1.29 is 14.6 Å². The lowest BCUT2D eigenvalue weighted by Crippen LogP contribution is -2.52. The molecule has 2 aliphatic heterocycles. The molecular weight excluding hydrogens is 352 g/mol. The Hall–Kier alpha value is -2.21. The highest BCUT2D eigenvalue weighted by atomic mass is 16.5. The second-order valence-electron chi connectivity index (χ2n) is 7.66. The van der Waals surface area contributed by atoms with Crippen LogP contribution >= 0.6 is 0 Å². The summed E-state index contributed by atoms with van der Waals surface area (Å²) in [5, 5.41) is 15.1. The Balaban J connectivity index is 1.52. The minimum atomic E-state index is -1.06. The van der Waals surface area contributed by atoms with E-state index in [1.807, 2.05) is 65.6 Å². The normalized spacial score (nSPS) is 21.5. The van der Waals surface area contributed by atoms with Crippen molar-refractivity contribution in [3.05, 3.63) is 71.8 Å². The summed E-state index contributed by atoms with van der Waals surface area (Å²) >= 11 is 0. The maximum Gasteiger partial charge on any atom is 0.253 e. The van der Waals surface area contributed by atoms with Crippen LogP contribution in [0, 0.1) is 5.92 Å². The molecule has 2 aliphatic rings. The molecule has 0 bridgehead atoms. The first-order valence-corrected chi connectivity index (χ1v) is 10.1. The summed E-state index contributed by atoms with van der Waals surface area (Å²) in [6.45, 7) is 3.25. The second kappa shape index (κ2) is 8.43. The van der Waals surface area contributed by atoms with Gasteiger partial charge in [-0.05, 0) is 29.9 Å². The van der Waals surface area contributed by atoms with Crippen LogP contribution in [0.3, 0.4) is 0 Å². The number of carbonyl (C=O) groups excluding carboxylic acids is 1. The van der Waals surface area contributed by atoms with Crippen molar-refractivity contribution in [2.24, 2.45) is 5.92 Å². The number of piperidine rings is 1. The van der Waals surface area contributed by atoms with Crippen LogP contribution in [0.25, 0.3) is 0 Å². The van der Waals surface area contributed by atoms with Gasteiger partial charge in [0.2, 0.25) is 0 Å². The molecule has 2 aromatic rings. The lowest BCUT2D eigenvalue weighted by atomic mass is 9.72. The maximum atomic E-state index is 12.7. The lowest BCUT2D eigenvalue weighted by molar-refractivity contribution is -0.148. The number of likely N-dealkylation sites (tertiary alicyclic amines) is 1. The van der Waals surface area contributed by atoms with Gasteiger partial charge in [0.1, 0.15) is 11.7 Å². The van der Waals surface area contributed by atoms with Crippen LogP contribution in [-0.4, -0.2) is 54.8 Å². The number of nitrogens with zero attached hydrogens (tertiary/aromatic N) is 1. The number of ether oxygens (including phenoxy) is 1. The third-order valence-corrected chi connectivity index (χ3v) is 6.03. The highest BCUT2D eigenvalue weighted by molar-refractivity contribution is 5.81. The van der Waals surface area contributed by atoms with Crippen LogP contribution < -0.4 is 5.32 Å². The van der Waals surface area contributed by atoms with Crippen LogP contribution in [-0.2, 0) is 15.1 Å². The lowest BCUT2D eigenvalue weighted by Gasteiger charge is -2.43. The van der Waals surface area contributed by atoms with Gasteiger partial charge < -0.3 is 20.1 Å². The Bertz CT molecular complexity index is 727.